The third-order valence-electron chi connectivity index (χ3n) is 4.92. The van der Waals surface area contributed by atoms with Crippen LogP contribution in [0.15, 0.2) is 0 Å². The van der Waals surface area contributed by atoms with Crippen molar-refractivity contribution in [3.05, 3.63) is 0 Å². The molecule has 0 aromatic heterocycles. The molecule has 0 saturated carbocycles. The SMILES string of the molecule is CN(C)CCNC[C@]1(CN2CCCC2)CCOC(C)(C)C1. The molecule has 0 aromatic rings. The average molecular weight is 297 g/mol. The topological polar surface area (TPSA) is 27.7 Å². The molecule has 4 heteroatoms. The largest absolute Gasteiger partial charge is 0.376 e. The first-order chi connectivity index (χ1) is 9.91. The van der Waals surface area contributed by atoms with Crippen molar-refractivity contribution < 1.29 is 4.74 Å². The van der Waals surface area contributed by atoms with Crippen molar-refractivity contribution in [2.24, 2.45) is 5.41 Å². The highest BCUT2D eigenvalue weighted by Gasteiger charge is 2.41. The van der Waals surface area contributed by atoms with Gasteiger partial charge in [0.15, 0.2) is 0 Å². The van der Waals surface area contributed by atoms with Crippen LogP contribution in [0.25, 0.3) is 0 Å². The van der Waals surface area contributed by atoms with Crippen molar-refractivity contribution in [3.63, 3.8) is 0 Å². The van der Waals surface area contributed by atoms with E-state index in [0.29, 0.717) is 5.41 Å². The molecule has 0 unspecified atom stereocenters. The summed E-state index contributed by atoms with van der Waals surface area (Å²) in [5, 5.41) is 3.72. The summed E-state index contributed by atoms with van der Waals surface area (Å²) in [4.78, 5) is 4.92. The van der Waals surface area contributed by atoms with Crippen LogP contribution in [0.2, 0.25) is 0 Å². The van der Waals surface area contributed by atoms with Crippen LogP contribution < -0.4 is 5.32 Å². The fraction of sp³-hybridized carbons (Fsp3) is 1.00. The molecule has 4 nitrogen and oxygen atoms in total. The predicted molar refractivity (Wildman–Crippen MR) is 88.8 cm³/mol. The molecule has 0 radical (unpaired) electrons. The molecule has 2 saturated heterocycles. The second-order valence-electron chi connectivity index (χ2n) is 8.00. The van der Waals surface area contributed by atoms with Gasteiger partial charge in [-0.2, -0.15) is 0 Å². The van der Waals surface area contributed by atoms with Crippen LogP contribution in [0.3, 0.4) is 0 Å². The van der Waals surface area contributed by atoms with Gasteiger partial charge in [-0.15, -0.1) is 0 Å². The smallest absolute Gasteiger partial charge is 0.0632 e. The van der Waals surface area contributed by atoms with Gasteiger partial charge in [-0.1, -0.05) is 0 Å². The van der Waals surface area contributed by atoms with Gasteiger partial charge < -0.3 is 19.9 Å². The fourth-order valence-electron chi connectivity index (χ4n) is 4.00. The molecule has 2 rings (SSSR count). The second-order valence-corrected chi connectivity index (χ2v) is 8.00. The van der Waals surface area contributed by atoms with Crippen molar-refractivity contribution in [1.82, 2.24) is 15.1 Å². The molecule has 0 spiro atoms. The molecule has 1 N–H and O–H groups in total. The number of nitrogens with zero attached hydrogens (tertiary/aromatic N) is 2. The molecule has 2 aliphatic heterocycles. The van der Waals surface area contributed by atoms with E-state index in [1.165, 1.54) is 45.3 Å². The first-order valence-corrected chi connectivity index (χ1v) is 8.63. The van der Waals surface area contributed by atoms with Gasteiger partial charge in [-0.05, 0) is 66.7 Å². The molecular formula is C17H35N3O. The van der Waals surface area contributed by atoms with Crippen molar-refractivity contribution in [2.75, 3.05) is 60.0 Å². The summed E-state index contributed by atoms with van der Waals surface area (Å²) in [5.41, 5.74) is 0.416. The second kappa shape index (κ2) is 7.40. The van der Waals surface area contributed by atoms with Gasteiger partial charge >= 0.3 is 0 Å². The predicted octanol–water partition coefficient (Wildman–Crippen LogP) is 1.81. The van der Waals surface area contributed by atoms with E-state index in [1.807, 2.05) is 0 Å². The highest BCUT2D eigenvalue weighted by Crippen LogP contribution is 2.39. The van der Waals surface area contributed by atoms with Crippen molar-refractivity contribution in [3.8, 4) is 0 Å². The Morgan fingerprint density at radius 1 is 1.19 bits per heavy atom. The first kappa shape index (κ1) is 17.2. The molecule has 0 bridgehead atoms. The van der Waals surface area contributed by atoms with Crippen molar-refractivity contribution in [2.45, 2.75) is 45.1 Å². The zero-order valence-corrected chi connectivity index (χ0v) is 14.6. The first-order valence-electron chi connectivity index (χ1n) is 8.63. The molecule has 21 heavy (non-hydrogen) atoms. The highest BCUT2D eigenvalue weighted by molar-refractivity contribution is 4.94. The third kappa shape index (κ3) is 5.51. The normalized spacial score (nSPS) is 30.1. The zero-order chi connectivity index (χ0) is 15.3. The number of rotatable bonds is 7. The van der Waals surface area contributed by atoms with Gasteiger partial charge in [0, 0.05) is 38.2 Å². The number of hydrogen-bond acceptors (Lipinski definition) is 4. The van der Waals surface area contributed by atoms with Gasteiger partial charge in [0.2, 0.25) is 0 Å². The van der Waals surface area contributed by atoms with Crippen molar-refractivity contribution in [1.29, 1.82) is 0 Å². The van der Waals surface area contributed by atoms with E-state index in [9.17, 15) is 0 Å². The molecule has 0 amide bonds. The van der Waals surface area contributed by atoms with Gasteiger partial charge in [-0.25, -0.2) is 0 Å². The lowest BCUT2D eigenvalue weighted by Gasteiger charge is -2.47. The Labute approximate surface area is 131 Å². The van der Waals surface area contributed by atoms with E-state index in [4.69, 9.17) is 4.74 Å². The lowest BCUT2D eigenvalue weighted by molar-refractivity contribution is -0.110. The van der Waals surface area contributed by atoms with Gasteiger partial charge in [-0.3, -0.25) is 0 Å². The van der Waals surface area contributed by atoms with Gasteiger partial charge in [0.25, 0.3) is 0 Å². The number of likely N-dealkylation sites (N-methyl/N-ethyl adjacent to an activating group) is 1. The molecule has 124 valence electrons. The minimum absolute atomic E-state index is 0.0290. The summed E-state index contributed by atoms with van der Waals surface area (Å²) in [5.74, 6) is 0. The van der Waals surface area contributed by atoms with Gasteiger partial charge in [0.05, 0.1) is 5.60 Å². The van der Waals surface area contributed by atoms with Crippen LogP contribution >= 0.6 is 0 Å². The van der Waals surface area contributed by atoms with Crippen LogP contribution in [0, 0.1) is 5.41 Å². The number of ether oxygens (including phenoxy) is 1. The van der Waals surface area contributed by atoms with Crippen LogP contribution in [-0.2, 0) is 4.74 Å². The summed E-state index contributed by atoms with van der Waals surface area (Å²) in [6.45, 7) is 12.6. The summed E-state index contributed by atoms with van der Waals surface area (Å²) < 4.78 is 5.98. The van der Waals surface area contributed by atoms with Crippen LogP contribution in [0.5, 0.6) is 0 Å². The van der Waals surface area contributed by atoms with E-state index in [0.717, 1.165) is 26.2 Å². The van der Waals surface area contributed by atoms with E-state index < -0.39 is 0 Å². The molecule has 1 atom stereocenters. The van der Waals surface area contributed by atoms with E-state index in [1.54, 1.807) is 0 Å². The van der Waals surface area contributed by atoms with Crippen LogP contribution in [0.1, 0.15) is 39.5 Å². The standard InChI is InChI=1S/C17H35N3O/c1-16(2)13-17(7-12-21-16,14-18-8-11-19(3)4)15-20-9-5-6-10-20/h18H,5-15H2,1-4H3/t17-/m0/s1. The minimum Gasteiger partial charge on any atom is -0.376 e. The molecule has 2 fully saturated rings. The Bertz CT molecular complexity index is 313. The Kier molecular flexibility index (Phi) is 6.06. The summed E-state index contributed by atoms with van der Waals surface area (Å²) in [6, 6.07) is 0. The molecule has 2 aliphatic rings. The van der Waals surface area contributed by atoms with E-state index in [-0.39, 0.29) is 5.60 Å². The van der Waals surface area contributed by atoms with Crippen molar-refractivity contribution >= 4 is 0 Å². The number of likely N-dealkylation sites (tertiary alicyclic amines) is 1. The van der Waals surface area contributed by atoms with Gasteiger partial charge in [0.1, 0.15) is 0 Å². The summed E-state index contributed by atoms with van der Waals surface area (Å²) in [6.07, 6.45) is 5.13. The van der Waals surface area contributed by atoms with Crippen LogP contribution in [0.4, 0.5) is 0 Å². The lowest BCUT2D eigenvalue weighted by Crippen LogP contribution is -2.52. The average Bonchev–Trinajstić information content (AvgIpc) is 2.86. The Hall–Kier alpha value is -0.160. The molecule has 0 aliphatic carbocycles. The van der Waals surface area contributed by atoms with Crippen LogP contribution in [-0.4, -0.2) is 75.4 Å². The summed E-state index contributed by atoms with van der Waals surface area (Å²) in [7, 11) is 4.28. The Balaban J connectivity index is 1.92. The molecule has 0 aromatic carbocycles. The third-order valence-corrected chi connectivity index (χ3v) is 4.92. The van der Waals surface area contributed by atoms with E-state index in [2.05, 4.69) is 43.1 Å². The Morgan fingerprint density at radius 2 is 1.90 bits per heavy atom. The lowest BCUT2D eigenvalue weighted by atomic mass is 9.73. The summed E-state index contributed by atoms with van der Waals surface area (Å²) >= 11 is 0. The highest BCUT2D eigenvalue weighted by atomic mass is 16.5. The molecule has 2 heterocycles. The maximum Gasteiger partial charge on any atom is 0.0632 e. The number of nitrogens with one attached hydrogen (secondary N) is 1. The zero-order valence-electron chi connectivity index (χ0n) is 14.6. The molecular weight excluding hydrogens is 262 g/mol. The Morgan fingerprint density at radius 3 is 2.52 bits per heavy atom. The quantitative estimate of drug-likeness (QED) is 0.725. The number of hydrogen-bond donors (Lipinski definition) is 1. The minimum atomic E-state index is 0.0290. The maximum absolute atomic E-state index is 5.98. The monoisotopic (exact) mass is 297 g/mol. The maximum atomic E-state index is 5.98. The van der Waals surface area contributed by atoms with E-state index >= 15 is 0 Å². The fourth-order valence-corrected chi connectivity index (χ4v) is 4.00.